The summed E-state index contributed by atoms with van der Waals surface area (Å²) in [6, 6.07) is 0. The van der Waals surface area contributed by atoms with Crippen molar-refractivity contribution in [2.45, 2.75) is 110 Å². The van der Waals surface area contributed by atoms with Gasteiger partial charge in [0.1, 0.15) is 17.3 Å². The number of carbonyl (C=O) groups is 2. The van der Waals surface area contributed by atoms with Crippen molar-refractivity contribution < 1.29 is 19.4 Å². The van der Waals surface area contributed by atoms with Gasteiger partial charge in [-0.05, 0) is 52.5 Å². The molecule has 0 spiro atoms. The first-order chi connectivity index (χ1) is 12.1. The smallest absolute Gasteiger partial charge is 0.192 e. The van der Waals surface area contributed by atoms with Crippen LogP contribution in [-0.4, -0.2) is 46.0 Å². The summed E-state index contributed by atoms with van der Waals surface area (Å²) in [7, 11) is 0. The van der Waals surface area contributed by atoms with Crippen molar-refractivity contribution in [1.82, 2.24) is 0 Å². The van der Waals surface area contributed by atoms with Crippen LogP contribution in [0.2, 0.25) is 0 Å². The van der Waals surface area contributed by atoms with E-state index in [1.807, 2.05) is 6.26 Å². The van der Waals surface area contributed by atoms with Gasteiger partial charge in [-0.15, -0.1) is 0 Å². The first-order valence-electron chi connectivity index (χ1n) is 10.0. The molecule has 0 aliphatic carbocycles. The highest BCUT2D eigenvalue weighted by molar-refractivity contribution is 7.98. The average Bonchev–Trinajstić information content (AvgIpc) is 2.55. The van der Waals surface area contributed by atoms with Gasteiger partial charge in [0.05, 0.1) is 0 Å². The van der Waals surface area contributed by atoms with E-state index in [-0.39, 0.29) is 11.6 Å². The quantitative estimate of drug-likeness (QED) is 0.379. The van der Waals surface area contributed by atoms with Crippen LogP contribution in [0, 0.1) is 0 Å². The lowest BCUT2D eigenvalue weighted by atomic mass is 9.94. The molecule has 154 valence electrons. The molecule has 0 heterocycles. The van der Waals surface area contributed by atoms with Gasteiger partial charge in [-0.1, -0.05) is 45.4 Å². The largest absolute Gasteiger partial charge is 0.383 e. The zero-order chi connectivity index (χ0) is 20.2. The number of carbonyl (C=O) groups excluding carboxylic acids is 2. The molecule has 0 saturated carbocycles. The number of hydrogen-bond donors (Lipinski definition) is 1. The monoisotopic (exact) mass is 388 g/mol. The summed E-state index contributed by atoms with van der Waals surface area (Å²) >= 11 is 1.62. The van der Waals surface area contributed by atoms with E-state index in [4.69, 9.17) is 4.74 Å². The minimum atomic E-state index is -1.46. The van der Waals surface area contributed by atoms with Gasteiger partial charge >= 0.3 is 0 Å². The first-order valence-corrected chi connectivity index (χ1v) is 11.4. The fourth-order valence-corrected chi connectivity index (χ4v) is 3.28. The van der Waals surface area contributed by atoms with E-state index in [0.29, 0.717) is 12.8 Å². The normalized spacial score (nSPS) is 13.7. The van der Waals surface area contributed by atoms with E-state index in [0.717, 1.165) is 18.6 Å². The molecular formula is C21H40O4S. The molecule has 0 rings (SSSR count). The Balaban J connectivity index is 4.53. The highest BCUT2D eigenvalue weighted by atomic mass is 32.2. The number of ether oxygens (including phenoxy) is 1. The number of Topliss-reactive ketones (excluding diaryl/α,β-unsaturated/α-hetero) is 2. The number of thioether (sulfide) groups is 1. The Kier molecular flexibility index (Phi) is 12.7. The van der Waals surface area contributed by atoms with Gasteiger partial charge in [0.2, 0.25) is 0 Å². The van der Waals surface area contributed by atoms with Gasteiger partial charge in [-0.2, -0.15) is 11.8 Å². The van der Waals surface area contributed by atoms with Crippen LogP contribution in [-0.2, 0) is 14.3 Å². The lowest BCUT2D eigenvalue weighted by Crippen LogP contribution is -2.47. The second kappa shape index (κ2) is 12.9. The number of ketones is 2. The molecule has 0 fully saturated rings. The molecule has 0 aliphatic heterocycles. The molecule has 0 aromatic heterocycles. The number of hydrogen-bond acceptors (Lipinski definition) is 5. The Morgan fingerprint density at radius 3 is 2.04 bits per heavy atom. The number of rotatable bonds is 16. The first kappa shape index (κ1) is 25.6. The molecule has 1 N–H and O–H groups in total. The van der Waals surface area contributed by atoms with E-state index >= 15 is 0 Å². The third-order valence-corrected chi connectivity index (χ3v) is 5.24. The maximum Gasteiger partial charge on any atom is 0.192 e. The summed E-state index contributed by atoms with van der Waals surface area (Å²) in [6.45, 7) is 8.62. The maximum absolute atomic E-state index is 12.6. The van der Waals surface area contributed by atoms with Crippen molar-refractivity contribution in [3.05, 3.63) is 0 Å². The van der Waals surface area contributed by atoms with Crippen LogP contribution in [0.3, 0.4) is 0 Å². The van der Waals surface area contributed by atoms with Crippen LogP contribution in [0.25, 0.3) is 0 Å². The van der Waals surface area contributed by atoms with Crippen molar-refractivity contribution in [2.75, 3.05) is 12.0 Å². The standard InChI is InChI=1S/C21H40O4S/c1-7-8-9-10-11-12-13-14-18(22)21(4,5)25-17(15-16-26-6)19(23)20(2,3)24/h17,24H,7-16H2,1-6H3. The summed E-state index contributed by atoms with van der Waals surface area (Å²) in [6.07, 6.45) is 10.3. The third kappa shape index (κ3) is 10.7. The van der Waals surface area contributed by atoms with E-state index in [2.05, 4.69) is 6.92 Å². The predicted molar refractivity (Wildman–Crippen MR) is 111 cm³/mol. The van der Waals surface area contributed by atoms with Crippen LogP contribution < -0.4 is 0 Å². The van der Waals surface area contributed by atoms with E-state index in [1.54, 1.807) is 25.6 Å². The van der Waals surface area contributed by atoms with Crippen LogP contribution in [0.5, 0.6) is 0 Å². The van der Waals surface area contributed by atoms with Crippen LogP contribution >= 0.6 is 11.8 Å². The highest BCUT2D eigenvalue weighted by Crippen LogP contribution is 2.23. The Morgan fingerprint density at radius 2 is 1.54 bits per heavy atom. The molecule has 26 heavy (non-hydrogen) atoms. The average molecular weight is 389 g/mol. The van der Waals surface area contributed by atoms with E-state index < -0.39 is 17.3 Å². The minimum absolute atomic E-state index is 0.0313. The number of unbranched alkanes of at least 4 members (excludes halogenated alkanes) is 6. The molecule has 5 heteroatoms. The topological polar surface area (TPSA) is 63.6 Å². The van der Waals surface area contributed by atoms with Gasteiger partial charge in [-0.25, -0.2) is 0 Å². The fourth-order valence-electron chi connectivity index (χ4n) is 2.83. The Bertz CT molecular complexity index is 413. The van der Waals surface area contributed by atoms with Gasteiger partial charge < -0.3 is 9.84 Å². The summed E-state index contributed by atoms with van der Waals surface area (Å²) in [5.41, 5.74) is -2.47. The minimum Gasteiger partial charge on any atom is -0.383 e. The molecule has 0 aromatic carbocycles. The molecule has 0 bridgehead atoms. The summed E-state index contributed by atoms with van der Waals surface area (Å²) in [4.78, 5) is 25.0. The molecule has 0 aromatic rings. The molecule has 0 saturated heterocycles. The van der Waals surface area contributed by atoms with Crippen LogP contribution in [0.4, 0.5) is 0 Å². The van der Waals surface area contributed by atoms with Crippen molar-refractivity contribution in [3.63, 3.8) is 0 Å². The molecule has 4 nitrogen and oxygen atoms in total. The summed E-state index contributed by atoms with van der Waals surface area (Å²) in [5.74, 6) is 0.418. The summed E-state index contributed by atoms with van der Waals surface area (Å²) < 4.78 is 5.93. The van der Waals surface area contributed by atoms with Crippen molar-refractivity contribution >= 4 is 23.3 Å². The zero-order valence-corrected chi connectivity index (χ0v) is 18.5. The SMILES string of the molecule is CCCCCCCCCC(=O)C(C)(C)OC(CCSC)C(=O)C(C)(C)O. The molecule has 1 atom stereocenters. The molecule has 0 aliphatic rings. The van der Waals surface area contributed by atoms with Crippen LogP contribution in [0.15, 0.2) is 0 Å². The lowest BCUT2D eigenvalue weighted by molar-refractivity contribution is -0.164. The Morgan fingerprint density at radius 1 is 1.00 bits per heavy atom. The molecular weight excluding hydrogens is 348 g/mol. The van der Waals surface area contributed by atoms with Gasteiger partial charge in [0.15, 0.2) is 11.6 Å². The lowest BCUT2D eigenvalue weighted by Gasteiger charge is -2.31. The fraction of sp³-hybridized carbons (Fsp3) is 0.905. The third-order valence-electron chi connectivity index (χ3n) is 4.60. The molecule has 0 radical (unpaired) electrons. The second-order valence-electron chi connectivity index (χ2n) is 8.12. The van der Waals surface area contributed by atoms with Crippen molar-refractivity contribution in [1.29, 1.82) is 0 Å². The van der Waals surface area contributed by atoms with Crippen molar-refractivity contribution in [3.8, 4) is 0 Å². The Labute approximate surface area is 164 Å². The van der Waals surface area contributed by atoms with Gasteiger partial charge in [0, 0.05) is 6.42 Å². The second-order valence-corrected chi connectivity index (χ2v) is 9.10. The van der Waals surface area contributed by atoms with Gasteiger partial charge in [-0.3, -0.25) is 9.59 Å². The van der Waals surface area contributed by atoms with Gasteiger partial charge in [0.25, 0.3) is 0 Å². The number of aliphatic hydroxyl groups is 1. The zero-order valence-electron chi connectivity index (χ0n) is 17.7. The predicted octanol–water partition coefficient (Wildman–Crippen LogP) is 4.95. The maximum atomic E-state index is 12.6. The van der Waals surface area contributed by atoms with Crippen LogP contribution in [0.1, 0.15) is 92.4 Å². The molecule has 1 unspecified atom stereocenters. The van der Waals surface area contributed by atoms with E-state index in [9.17, 15) is 14.7 Å². The molecule has 0 amide bonds. The van der Waals surface area contributed by atoms with E-state index in [1.165, 1.54) is 46.0 Å². The highest BCUT2D eigenvalue weighted by Gasteiger charge is 2.38. The summed E-state index contributed by atoms with van der Waals surface area (Å²) in [5, 5.41) is 10.0. The Hall–Kier alpha value is -0.390. The van der Waals surface area contributed by atoms with Crippen molar-refractivity contribution in [2.24, 2.45) is 0 Å².